The van der Waals surface area contributed by atoms with Gasteiger partial charge in [0.25, 0.3) is 0 Å². The monoisotopic (exact) mass is 287 g/mol. The zero-order valence-corrected chi connectivity index (χ0v) is 12.5. The first kappa shape index (κ1) is 14.6. The Bertz CT molecular complexity index is 605. The summed E-state index contributed by atoms with van der Waals surface area (Å²) in [4.78, 5) is 12.0. The van der Waals surface area contributed by atoms with Crippen molar-refractivity contribution in [3.8, 4) is 0 Å². The third kappa shape index (κ3) is 3.84. The van der Waals surface area contributed by atoms with Crippen molar-refractivity contribution in [2.75, 3.05) is 5.32 Å². The van der Waals surface area contributed by atoms with Crippen molar-refractivity contribution in [2.45, 2.75) is 26.7 Å². The Balaban J connectivity index is 2.03. The van der Waals surface area contributed by atoms with Crippen LogP contribution in [0.5, 0.6) is 0 Å². The minimum absolute atomic E-state index is 0.0281. The summed E-state index contributed by atoms with van der Waals surface area (Å²) in [5.74, 6) is -0.0281. The Labute approximate surface area is 124 Å². The maximum Gasteiger partial charge on any atom is 0.228 e. The highest BCUT2D eigenvalue weighted by atomic mass is 35.5. The highest BCUT2D eigenvalue weighted by Gasteiger charge is 2.06. The fraction of sp³-hybridized carbons (Fsp3) is 0.235. The molecule has 0 aliphatic carbocycles. The zero-order chi connectivity index (χ0) is 14.5. The van der Waals surface area contributed by atoms with Crippen LogP contribution >= 0.6 is 11.6 Å². The van der Waals surface area contributed by atoms with Crippen LogP contribution in [0.1, 0.15) is 23.6 Å². The van der Waals surface area contributed by atoms with Gasteiger partial charge in [0, 0.05) is 10.7 Å². The lowest BCUT2D eigenvalue weighted by Crippen LogP contribution is -2.15. The molecule has 3 heteroatoms. The molecule has 0 atom stereocenters. The Hall–Kier alpha value is -1.80. The van der Waals surface area contributed by atoms with E-state index < -0.39 is 0 Å². The van der Waals surface area contributed by atoms with E-state index in [-0.39, 0.29) is 5.91 Å². The minimum atomic E-state index is -0.0281. The standard InChI is InChI=1S/C17H18ClNO/c1-3-13-5-7-14(8-6-13)10-17(20)19-16-11-15(18)9-4-12(16)2/h4-9,11H,3,10H2,1-2H3,(H,19,20). The molecule has 0 unspecified atom stereocenters. The molecule has 0 fully saturated rings. The van der Waals surface area contributed by atoms with Crippen molar-refractivity contribution in [3.63, 3.8) is 0 Å². The van der Waals surface area contributed by atoms with E-state index in [1.54, 1.807) is 6.07 Å². The average Bonchev–Trinajstić information content (AvgIpc) is 2.43. The van der Waals surface area contributed by atoms with Crippen LogP contribution in [0.15, 0.2) is 42.5 Å². The van der Waals surface area contributed by atoms with Crippen LogP contribution in [-0.2, 0) is 17.6 Å². The Morgan fingerprint density at radius 1 is 1.10 bits per heavy atom. The summed E-state index contributed by atoms with van der Waals surface area (Å²) in [6.45, 7) is 4.06. The molecule has 2 rings (SSSR count). The van der Waals surface area contributed by atoms with Crippen LogP contribution in [0.25, 0.3) is 0 Å². The molecule has 2 aromatic rings. The van der Waals surface area contributed by atoms with Crippen LogP contribution in [0.2, 0.25) is 5.02 Å². The second-order valence-corrected chi connectivity index (χ2v) is 5.29. The van der Waals surface area contributed by atoms with Crippen molar-refractivity contribution < 1.29 is 4.79 Å². The van der Waals surface area contributed by atoms with Gasteiger partial charge in [0.05, 0.1) is 6.42 Å². The molecule has 0 radical (unpaired) electrons. The molecule has 0 aromatic heterocycles. The smallest absolute Gasteiger partial charge is 0.228 e. The normalized spacial score (nSPS) is 10.3. The van der Waals surface area contributed by atoms with E-state index in [9.17, 15) is 4.79 Å². The van der Waals surface area contributed by atoms with Gasteiger partial charge in [0.15, 0.2) is 0 Å². The molecule has 20 heavy (non-hydrogen) atoms. The number of rotatable bonds is 4. The van der Waals surface area contributed by atoms with Crippen molar-refractivity contribution in [3.05, 3.63) is 64.2 Å². The number of anilines is 1. The van der Waals surface area contributed by atoms with Crippen LogP contribution in [0, 0.1) is 6.92 Å². The SMILES string of the molecule is CCc1ccc(CC(=O)Nc2cc(Cl)ccc2C)cc1. The lowest BCUT2D eigenvalue weighted by molar-refractivity contribution is -0.115. The topological polar surface area (TPSA) is 29.1 Å². The molecular weight excluding hydrogens is 270 g/mol. The first-order valence-electron chi connectivity index (χ1n) is 6.72. The maximum absolute atomic E-state index is 12.0. The number of hydrogen-bond donors (Lipinski definition) is 1. The summed E-state index contributed by atoms with van der Waals surface area (Å²) < 4.78 is 0. The van der Waals surface area contributed by atoms with E-state index in [0.29, 0.717) is 11.4 Å². The van der Waals surface area contributed by atoms with E-state index in [4.69, 9.17) is 11.6 Å². The van der Waals surface area contributed by atoms with Crippen molar-refractivity contribution in [1.29, 1.82) is 0 Å². The van der Waals surface area contributed by atoms with Gasteiger partial charge in [-0.1, -0.05) is 48.9 Å². The summed E-state index contributed by atoms with van der Waals surface area (Å²) in [7, 11) is 0. The lowest BCUT2D eigenvalue weighted by atomic mass is 10.1. The van der Waals surface area contributed by atoms with Crippen LogP contribution in [0.3, 0.4) is 0 Å². The Morgan fingerprint density at radius 3 is 2.40 bits per heavy atom. The number of carbonyl (C=O) groups is 1. The van der Waals surface area contributed by atoms with Gasteiger partial charge in [-0.2, -0.15) is 0 Å². The highest BCUT2D eigenvalue weighted by molar-refractivity contribution is 6.31. The zero-order valence-electron chi connectivity index (χ0n) is 11.7. The van der Waals surface area contributed by atoms with Gasteiger partial charge >= 0.3 is 0 Å². The molecule has 0 bridgehead atoms. The van der Waals surface area contributed by atoms with Gasteiger partial charge in [-0.15, -0.1) is 0 Å². The third-order valence-electron chi connectivity index (χ3n) is 3.27. The number of hydrogen-bond acceptors (Lipinski definition) is 1. The summed E-state index contributed by atoms with van der Waals surface area (Å²) in [5.41, 5.74) is 4.07. The van der Waals surface area contributed by atoms with Gasteiger partial charge < -0.3 is 5.32 Å². The van der Waals surface area contributed by atoms with E-state index in [2.05, 4.69) is 24.4 Å². The highest BCUT2D eigenvalue weighted by Crippen LogP contribution is 2.20. The van der Waals surface area contributed by atoms with Crippen molar-refractivity contribution in [1.82, 2.24) is 0 Å². The summed E-state index contributed by atoms with van der Waals surface area (Å²) >= 11 is 5.94. The molecule has 0 saturated heterocycles. The fourth-order valence-electron chi connectivity index (χ4n) is 2.00. The quantitative estimate of drug-likeness (QED) is 0.888. The van der Waals surface area contributed by atoms with Crippen molar-refractivity contribution >= 4 is 23.2 Å². The number of aryl methyl sites for hydroxylation is 2. The van der Waals surface area contributed by atoms with Crippen LogP contribution < -0.4 is 5.32 Å². The Morgan fingerprint density at radius 2 is 1.75 bits per heavy atom. The molecule has 2 nitrogen and oxygen atoms in total. The minimum Gasteiger partial charge on any atom is -0.326 e. The van der Waals surface area contributed by atoms with E-state index in [1.807, 2.05) is 31.2 Å². The number of nitrogens with one attached hydrogen (secondary N) is 1. The first-order valence-corrected chi connectivity index (χ1v) is 7.10. The molecular formula is C17H18ClNO. The van der Waals surface area contributed by atoms with E-state index >= 15 is 0 Å². The molecule has 2 aromatic carbocycles. The molecule has 0 spiro atoms. The molecule has 1 amide bonds. The molecule has 104 valence electrons. The summed E-state index contributed by atoms with van der Waals surface area (Å²) in [6.07, 6.45) is 1.38. The molecule has 1 N–H and O–H groups in total. The summed E-state index contributed by atoms with van der Waals surface area (Å²) in [6, 6.07) is 13.6. The molecule has 0 heterocycles. The largest absolute Gasteiger partial charge is 0.326 e. The molecule has 0 saturated carbocycles. The number of carbonyl (C=O) groups excluding carboxylic acids is 1. The predicted octanol–water partition coefficient (Wildman–Crippen LogP) is 4.39. The van der Waals surface area contributed by atoms with Gasteiger partial charge in [-0.05, 0) is 42.2 Å². The van der Waals surface area contributed by atoms with Gasteiger partial charge in [-0.3, -0.25) is 4.79 Å². The first-order chi connectivity index (χ1) is 9.58. The predicted molar refractivity (Wildman–Crippen MR) is 84.3 cm³/mol. The number of halogens is 1. The number of benzene rings is 2. The lowest BCUT2D eigenvalue weighted by Gasteiger charge is -2.09. The maximum atomic E-state index is 12.0. The van der Waals surface area contributed by atoms with Crippen molar-refractivity contribution in [2.24, 2.45) is 0 Å². The third-order valence-corrected chi connectivity index (χ3v) is 3.50. The average molecular weight is 288 g/mol. The van der Waals surface area contributed by atoms with Crippen LogP contribution in [0.4, 0.5) is 5.69 Å². The van der Waals surface area contributed by atoms with E-state index in [0.717, 1.165) is 23.2 Å². The molecule has 0 aliphatic rings. The fourth-order valence-corrected chi connectivity index (χ4v) is 2.17. The number of amides is 1. The van der Waals surface area contributed by atoms with Gasteiger partial charge in [-0.25, -0.2) is 0 Å². The second-order valence-electron chi connectivity index (χ2n) is 4.85. The molecule has 0 aliphatic heterocycles. The second kappa shape index (κ2) is 6.58. The summed E-state index contributed by atoms with van der Waals surface area (Å²) in [5, 5.41) is 3.53. The van der Waals surface area contributed by atoms with Gasteiger partial charge in [0.2, 0.25) is 5.91 Å². The van der Waals surface area contributed by atoms with E-state index in [1.165, 1.54) is 5.56 Å². The van der Waals surface area contributed by atoms with Crippen LogP contribution in [-0.4, -0.2) is 5.91 Å². The van der Waals surface area contributed by atoms with Gasteiger partial charge in [0.1, 0.15) is 0 Å². The Kier molecular flexibility index (Phi) is 4.80.